The van der Waals surface area contributed by atoms with Crippen molar-refractivity contribution in [3.05, 3.63) is 60.3 Å². The maximum absolute atomic E-state index is 4.44. The van der Waals surface area contributed by atoms with E-state index in [1.807, 2.05) is 36.5 Å². The Balaban J connectivity index is 1.61. The maximum Gasteiger partial charge on any atom is 0.222 e. The van der Waals surface area contributed by atoms with Crippen LogP contribution in [-0.2, 0) is 6.54 Å². The monoisotopic (exact) mass is 303 g/mol. The average molecular weight is 303 g/mol. The number of hydrogen-bond acceptors (Lipinski definition) is 3. The lowest BCUT2D eigenvalue weighted by Crippen LogP contribution is -1.92. The minimum Gasteiger partial charge on any atom is -0.347 e. The van der Waals surface area contributed by atoms with Crippen LogP contribution in [0, 0.1) is 0 Å². The quantitative estimate of drug-likeness (QED) is 0.442. The third-order valence-corrected chi connectivity index (χ3v) is 3.92. The molecule has 0 saturated carbocycles. The van der Waals surface area contributed by atoms with E-state index < -0.39 is 0 Å². The highest BCUT2D eigenvalue weighted by atomic mass is 15.3. The van der Waals surface area contributed by atoms with Crippen LogP contribution in [0.1, 0.15) is 12.5 Å². The van der Waals surface area contributed by atoms with E-state index in [1.165, 1.54) is 10.9 Å². The lowest BCUT2D eigenvalue weighted by molar-refractivity contribution is 0.797. The third-order valence-electron chi connectivity index (χ3n) is 3.92. The molecule has 2 aromatic carbocycles. The van der Waals surface area contributed by atoms with Crippen LogP contribution in [0.25, 0.3) is 21.9 Å². The number of nitrogens with zero attached hydrogens (tertiary/aromatic N) is 3. The van der Waals surface area contributed by atoms with Crippen molar-refractivity contribution in [1.82, 2.24) is 14.5 Å². The average Bonchev–Trinajstić information content (AvgIpc) is 3.16. The number of nitrogens with one attached hydrogen (secondary N) is 2. The molecule has 0 amide bonds. The second-order valence-electron chi connectivity index (χ2n) is 5.36. The fourth-order valence-electron chi connectivity index (χ4n) is 2.81. The number of fused-ring (bicyclic) bond motifs is 2. The summed E-state index contributed by atoms with van der Waals surface area (Å²) < 4.78 is 2.22. The Kier molecular flexibility index (Phi) is 3.31. The molecule has 0 bridgehead atoms. The summed E-state index contributed by atoms with van der Waals surface area (Å²) in [5.41, 5.74) is 7.20. The smallest absolute Gasteiger partial charge is 0.222 e. The predicted molar refractivity (Wildman–Crippen MR) is 94.9 cm³/mol. The van der Waals surface area contributed by atoms with E-state index in [0.29, 0.717) is 5.95 Å². The van der Waals surface area contributed by atoms with Crippen molar-refractivity contribution in [2.75, 3.05) is 5.43 Å². The van der Waals surface area contributed by atoms with E-state index in [0.717, 1.165) is 23.1 Å². The Hall–Kier alpha value is -3.08. The van der Waals surface area contributed by atoms with Gasteiger partial charge in [0.1, 0.15) is 0 Å². The first kappa shape index (κ1) is 13.6. The Morgan fingerprint density at radius 2 is 2.00 bits per heavy atom. The van der Waals surface area contributed by atoms with E-state index in [-0.39, 0.29) is 0 Å². The molecule has 4 aromatic rings. The van der Waals surface area contributed by atoms with E-state index in [9.17, 15) is 0 Å². The van der Waals surface area contributed by atoms with Gasteiger partial charge in [-0.3, -0.25) is 0 Å². The normalized spacial score (nSPS) is 11.7. The van der Waals surface area contributed by atoms with Crippen LogP contribution in [0.5, 0.6) is 0 Å². The molecule has 0 aliphatic rings. The first-order valence-electron chi connectivity index (χ1n) is 7.67. The summed E-state index contributed by atoms with van der Waals surface area (Å²) in [6.45, 7) is 3.07. The molecule has 2 N–H and O–H groups in total. The van der Waals surface area contributed by atoms with Crippen LogP contribution in [0.4, 0.5) is 5.95 Å². The number of aromatic nitrogens is 3. The largest absolute Gasteiger partial charge is 0.347 e. The lowest BCUT2D eigenvalue weighted by atomic mass is 10.2. The van der Waals surface area contributed by atoms with Gasteiger partial charge in [0, 0.05) is 29.2 Å². The molecule has 5 heteroatoms. The molecule has 114 valence electrons. The number of benzene rings is 2. The van der Waals surface area contributed by atoms with Crippen molar-refractivity contribution in [2.24, 2.45) is 5.10 Å². The number of rotatable bonds is 4. The molecule has 23 heavy (non-hydrogen) atoms. The fourth-order valence-corrected chi connectivity index (χ4v) is 2.81. The van der Waals surface area contributed by atoms with Gasteiger partial charge in [-0.2, -0.15) is 5.10 Å². The molecule has 0 unspecified atom stereocenters. The highest BCUT2D eigenvalue weighted by Gasteiger charge is 2.05. The van der Waals surface area contributed by atoms with E-state index in [1.54, 1.807) is 0 Å². The summed E-state index contributed by atoms with van der Waals surface area (Å²) in [4.78, 5) is 7.64. The van der Waals surface area contributed by atoms with Gasteiger partial charge in [0.2, 0.25) is 5.95 Å². The lowest BCUT2D eigenvalue weighted by Gasteiger charge is -1.97. The Bertz CT molecular complexity index is 960. The molecule has 0 spiro atoms. The number of H-pyrrole nitrogens is 1. The van der Waals surface area contributed by atoms with Crippen LogP contribution in [0.3, 0.4) is 0 Å². The summed E-state index contributed by atoms with van der Waals surface area (Å²) >= 11 is 0. The van der Waals surface area contributed by atoms with Crippen molar-refractivity contribution in [2.45, 2.75) is 13.5 Å². The van der Waals surface area contributed by atoms with Gasteiger partial charge in [0.25, 0.3) is 0 Å². The molecule has 2 heterocycles. The number of hydrazone groups is 1. The summed E-state index contributed by atoms with van der Waals surface area (Å²) in [6.07, 6.45) is 3.95. The molecule has 0 atom stereocenters. The first-order valence-corrected chi connectivity index (χ1v) is 7.67. The number of hydrogen-bond donors (Lipinski definition) is 2. The molecular weight excluding hydrogens is 286 g/mol. The van der Waals surface area contributed by atoms with Crippen molar-refractivity contribution in [3.8, 4) is 0 Å². The third kappa shape index (κ3) is 2.46. The van der Waals surface area contributed by atoms with Gasteiger partial charge in [-0.05, 0) is 25.1 Å². The number of imidazole rings is 1. The molecule has 4 rings (SSSR count). The van der Waals surface area contributed by atoms with Crippen LogP contribution in [0.15, 0.2) is 59.8 Å². The van der Waals surface area contributed by atoms with E-state index in [2.05, 4.69) is 56.4 Å². The number of aryl methyl sites for hydroxylation is 1. The molecule has 0 aliphatic carbocycles. The number of anilines is 1. The van der Waals surface area contributed by atoms with Crippen molar-refractivity contribution in [3.63, 3.8) is 0 Å². The van der Waals surface area contributed by atoms with Gasteiger partial charge in [-0.15, -0.1) is 0 Å². The molecule has 0 aliphatic heterocycles. The van der Waals surface area contributed by atoms with Crippen molar-refractivity contribution < 1.29 is 0 Å². The zero-order valence-electron chi connectivity index (χ0n) is 12.8. The second kappa shape index (κ2) is 5.61. The Labute approximate surface area is 133 Å². The van der Waals surface area contributed by atoms with Crippen LogP contribution >= 0.6 is 0 Å². The Morgan fingerprint density at radius 3 is 2.87 bits per heavy atom. The minimum atomic E-state index is 0.640. The number of para-hydroxylation sites is 3. The summed E-state index contributed by atoms with van der Waals surface area (Å²) in [7, 11) is 0. The number of aromatic amines is 1. The molecular formula is C18H17N5. The molecule has 2 aromatic heterocycles. The maximum atomic E-state index is 4.44. The second-order valence-corrected chi connectivity index (χ2v) is 5.36. The fraction of sp³-hybridized carbons (Fsp3) is 0.111. The van der Waals surface area contributed by atoms with E-state index >= 15 is 0 Å². The first-order chi connectivity index (χ1) is 11.3. The summed E-state index contributed by atoms with van der Waals surface area (Å²) in [5.74, 6) is 0.640. The van der Waals surface area contributed by atoms with Gasteiger partial charge >= 0.3 is 0 Å². The molecule has 0 fully saturated rings. The molecule has 5 nitrogen and oxygen atoms in total. The summed E-state index contributed by atoms with van der Waals surface area (Å²) in [5, 5.41) is 5.52. The highest BCUT2D eigenvalue weighted by molar-refractivity contribution is 5.99. The van der Waals surface area contributed by atoms with Gasteiger partial charge in [0.05, 0.1) is 17.2 Å². The van der Waals surface area contributed by atoms with Crippen LogP contribution < -0.4 is 5.43 Å². The zero-order valence-corrected chi connectivity index (χ0v) is 12.8. The van der Waals surface area contributed by atoms with Crippen molar-refractivity contribution >= 4 is 34.1 Å². The molecule has 0 saturated heterocycles. The minimum absolute atomic E-state index is 0.640. The summed E-state index contributed by atoms with van der Waals surface area (Å²) in [6, 6.07) is 16.3. The van der Waals surface area contributed by atoms with Gasteiger partial charge in [-0.1, -0.05) is 30.3 Å². The zero-order chi connectivity index (χ0) is 15.6. The van der Waals surface area contributed by atoms with E-state index in [4.69, 9.17) is 0 Å². The SMILES string of the molecule is CCn1cc(/C=N\Nc2nc3ccccc3[nH]2)c2ccccc21. The van der Waals surface area contributed by atoms with Crippen LogP contribution in [0.2, 0.25) is 0 Å². The van der Waals surface area contributed by atoms with Crippen molar-refractivity contribution in [1.29, 1.82) is 0 Å². The standard InChI is InChI=1S/C18H17N5/c1-2-23-12-13(14-7-3-6-10-17(14)23)11-19-22-18-20-15-8-4-5-9-16(15)21-18/h3-12H,2H2,1H3,(H2,20,21,22)/b19-11-. The predicted octanol–water partition coefficient (Wildman–Crippen LogP) is 3.98. The molecule has 0 radical (unpaired) electrons. The van der Waals surface area contributed by atoms with Gasteiger partial charge < -0.3 is 9.55 Å². The van der Waals surface area contributed by atoms with Gasteiger partial charge in [0.15, 0.2) is 0 Å². The Morgan fingerprint density at radius 1 is 1.17 bits per heavy atom. The topological polar surface area (TPSA) is 58.0 Å². The van der Waals surface area contributed by atoms with Gasteiger partial charge in [-0.25, -0.2) is 10.4 Å². The van der Waals surface area contributed by atoms with Crippen LogP contribution in [-0.4, -0.2) is 20.7 Å². The highest BCUT2D eigenvalue weighted by Crippen LogP contribution is 2.20.